The summed E-state index contributed by atoms with van der Waals surface area (Å²) < 4.78 is 0. The van der Waals surface area contributed by atoms with Gasteiger partial charge in [-0.05, 0) is 32.2 Å². The van der Waals surface area contributed by atoms with Crippen molar-refractivity contribution < 1.29 is 5.11 Å². The van der Waals surface area contributed by atoms with E-state index in [1.165, 1.54) is 45.1 Å². The van der Waals surface area contributed by atoms with Gasteiger partial charge in [-0.15, -0.1) is 0 Å². The van der Waals surface area contributed by atoms with Crippen LogP contribution < -0.4 is 5.32 Å². The Bertz CT molecular complexity index is 261. The number of hydrogen-bond acceptors (Lipinski definition) is 3. The third-order valence-electron chi connectivity index (χ3n) is 4.79. The first-order chi connectivity index (χ1) is 9.09. The highest BCUT2D eigenvalue weighted by Crippen LogP contribution is 2.30. The Morgan fingerprint density at radius 3 is 2.58 bits per heavy atom. The lowest BCUT2D eigenvalue weighted by Gasteiger charge is -2.43. The number of rotatable bonds is 5. The van der Waals surface area contributed by atoms with E-state index < -0.39 is 5.60 Å². The molecule has 2 N–H and O–H groups in total. The first-order valence-corrected chi connectivity index (χ1v) is 8.29. The average Bonchev–Trinajstić information content (AvgIpc) is 2.38. The fourth-order valence-corrected chi connectivity index (χ4v) is 3.62. The third kappa shape index (κ3) is 4.73. The average molecular weight is 268 g/mol. The molecule has 1 aliphatic carbocycles. The lowest BCUT2D eigenvalue weighted by atomic mass is 9.83. The molecule has 1 unspecified atom stereocenters. The monoisotopic (exact) mass is 268 g/mol. The standard InChI is InChI=1S/C16H32N2O/c1-14(2)17-12-15-8-4-7-11-18(15)13-16(19)9-5-3-6-10-16/h14-15,17,19H,3-13H2,1-2H3. The van der Waals surface area contributed by atoms with Gasteiger partial charge in [0.2, 0.25) is 0 Å². The molecule has 2 aliphatic rings. The lowest BCUT2D eigenvalue weighted by Crippen LogP contribution is -2.53. The highest BCUT2D eigenvalue weighted by molar-refractivity contribution is 4.89. The molecule has 0 aromatic heterocycles. The van der Waals surface area contributed by atoms with Crippen LogP contribution in [-0.2, 0) is 0 Å². The van der Waals surface area contributed by atoms with Crippen LogP contribution in [0.15, 0.2) is 0 Å². The van der Waals surface area contributed by atoms with E-state index in [4.69, 9.17) is 0 Å². The van der Waals surface area contributed by atoms with Gasteiger partial charge in [0, 0.05) is 25.2 Å². The summed E-state index contributed by atoms with van der Waals surface area (Å²) in [6.07, 6.45) is 9.67. The van der Waals surface area contributed by atoms with Gasteiger partial charge in [-0.3, -0.25) is 4.90 Å². The second-order valence-electron chi connectivity index (χ2n) is 6.97. The number of nitrogens with one attached hydrogen (secondary N) is 1. The summed E-state index contributed by atoms with van der Waals surface area (Å²) in [6.45, 7) is 7.57. The minimum atomic E-state index is -0.397. The summed E-state index contributed by atoms with van der Waals surface area (Å²) in [5.74, 6) is 0. The van der Waals surface area contributed by atoms with E-state index in [1.807, 2.05) is 0 Å². The molecule has 0 bridgehead atoms. The maximum absolute atomic E-state index is 10.8. The van der Waals surface area contributed by atoms with Gasteiger partial charge in [0.25, 0.3) is 0 Å². The number of nitrogens with zero attached hydrogens (tertiary/aromatic N) is 1. The molecule has 1 aliphatic heterocycles. The van der Waals surface area contributed by atoms with Crippen molar-refractivity contribution >= 4 is 0 Å². The molecule has 2 fully saturated rings. The smallest absolute Gasteiger partial charge is 0.0774 e. The van der Waals surface area contributed by atoms with Crippen molar-refractivity contribution in [1.82, 2.24) is 10.2 Å². The van der Waals surface area contributed by atoms with Crippen LogP contribution in [0, 0.1) is 0 Å². The summed E-state index contributed by atoms with van der Waals surface area (Å²) in [7, 11) is 0. The Morgan fingerprint density at radius 1 is 1.16 bits per heavy atom. The molecule has 0 amide bonds. The van der Waals surface area contributed by atoms with E-state index in [1.54, 1.807) is 0 Å². The number of β-amino-alcohol motifs (C(OH)–C–C–N with tert-alkyl or cyclic N) is 1. The van der Waals surface area contributed by atoms with Crippen LogP contribution in [0.5, 0.6) is 0 Å². The molecular formula is C16H32N2O. The van der Waals surface area contributed by atoms with Gasteiger partial charge in [-0.2, -0.15) is 0 Å². The largest absolute Gasteiger partial charge is 0.389 e. The fourth-order valence-electron chi connectivity index (χ4n) is 3.62. The van der Waals surface area contributed by atoms with Crippen LogP contribution in [0.3, 0.4) is 0 Å². The zero-order valence-corrected chi connectivity index (χ0v) is 12.8. The number of piperidine rings is 1. The van der Waals surface area contributed by atoms with Gasteiger partial charge in [-0.1, -0.05) is 39.5 Å². The van der Waals surface area contributed by atoms with Crippen molar-refractivity contribution in [2.45, 2.75) is 82.9 Å². The van der Waals surface area contributed by atoms with Crippen LogP contribution in [0.2, 0.25) is 0 Å². The summed E-state index contributed by atoms with van der Waals surface area (Å²) >= 11 is 0. The van der Waals surface area contributed by atoms with Crippen LogP contribution in [0.4, 0.5) is 0 Å². The van der Waals surface area contributed by atoms with E-state index in [9.17, 15) is 5.11 Å². The second kappa shape index (κ2) is 7.05. The van der Waals surface area contributed by atoms with Crippen molar-refractivity contribution in [2.75, 3.05) is 19.6 Å². The molecule has 1 heterocycles. The minimum Gasteiger partial charge on any atom is -0.389 e. The zero-order chi connectivity index (χ0) is 13.7. The second-order valence-corrected chi connectivity index (χ2v) is 6.97. The van der Waals surface area contributed by atoms with E-state index in [-0.39, 0.29) is 0 Å². The van der Waals surface area contributed by atoms with Gasteiger partial charge in [0.15, 0.2) is 0 Å². The van der Waals surface area contributed by atoms with Crippen molar-refractivity contribution in [3.05, 3.63) is 0 Å². The Kier molecular flexibility index (Phi) is 5.67. The Balaban J connectivity index is 1.87. The van der Waals surface area contributed by atoms with Crippen molar-refractivity contribution in [3.63, 3.8) is 0 Å². The molecule has 2 rings (SSSR count). The highest BCUT2D eigenvalue weighted by atomic mass is 16.3. The highest BCUT2D eigenvalue weighted by Gasteiger charge is 2.34. The van der Waals surface area contributed by atoms with Crippen molar-refractivity contribution in [2.24, 2.45) is 0 Å². The maximum atomic E-state index is 10.8. The quantitative estimate of drug-likeness (QED) is 0.804. The Hall–Kier alpha value is -0.120. The van der Waals surface area contributed by atoms with E-state index in [0.29, 0.717) is 12.1 Å². The SMILES string of the molecule is CC(C)NCC1CCCCN1CC1(O)CCCCC1. The van der Waals surface area contributed by atoms with Gasteiger partial charge in [0.05, 0.1) is 5.60 Å². The van der Waals surface area contributed by atoms with Crippen LogP contribution >= 0.6 is 0 Å². The number of likely N-dealkylation sites (tertiary alicyclic amines) is 1. The first kappa shape index (κ1) is 15.3. The number of aliphatic hydroxyl groups is 1. The fraction of sp³-hybridized carbons (Fsp3) is 1.00. The first-order valence-electron chi connectivity index (χ1n) is 8.29. The van der Waals surface area contributed by atoms with Crippen LogP contribution in [-0.4, -0.2) is 47.3 Å². The molecule has 0 aromatic rings. The molecule has 1 saturated carbocycles. The van der Waals surface area contributed by atoms with E-state index in [0.717, 1.165) is 25.9 Å². The molecule has 19 heavy (non-hydrogen) atoms. The Morgan fingerprint density at radius 2 is 1.89 bits per heavy atom. The Labute approximate surface area is 118 Å². The predicted octanol–water partition coefficient (Wildman–Crippen LogP) is 2.53. The van der Waals surface area contributed by atoms with Gasteiger partial charge < -0.3 is 10.4 Å². The summed E-state index contributed by atoms with van der Waals surface area (Å²) in [4.78, 5) is 2.56. The van der Waals surface area contributed by atoms with Gasteiger partial charge >= 0.3 is 0 Å². The normalized spacial score (nSPS) is 28.7. The molecule has 0 spiro atoms. The maximum Gasteiger partial charge on any atom is 0.0774 e. The molecule has 3 heteroatoms. The van der Waals surface area contributed by atoms with Crippen LogP contribution in [0.25, 0.3) is 0 Å². The topological polar surface area (TPSA) is 35.5 Å². The van der Waals surface area contributed by atoms with Crippen LogP contribution in [0.1, 0.15) is 65.2 Å². The molecule has 3 nitrogen and oxygen atoms in total. The lowest BCUT2D eigenvalue weighted by molar-refractivity contribution is -0.0419. The third-order valence-corrected chi connectivity index (χ3v) is 4.79. The van der Waals surface area contributed by atoms with E-state index in [2.05, 4.69) is 24.1 Å². The molecule has 112 valence electrons. The predicted molar refractivity (Wildman–Crippen MR) is 80.4 cm³/mol. The minimum absolute atomic E-state index is 0.397. The molecule has 0 radical (unpaired) electrons. The van der Waals surface area contributed by atoms with E-state index >= 15 is 0 Å². The van der Waals surface area contributed by atoms with Gasteiger partial charge in [0.1, 0.15) is 0 Å². The number of hydrogen-bond donors (Lipinski definition) is 2. The molecule has 1 saturated heterocycles. The van der Waals surface area contributed by atoms with Gasteiger partial charge in [-0.25, -0.2) is 0 Å². The molecule has 1 atom stereocenters. The van der Waals surface area contributed by atoms with Crippen molar-refractivity contribution in [1.29, 1.82) is 0 Å². The molecule has 0 aromatic carbocycles. The summed E-state index contributed by atoms with van der Waals surface area (Å²) in [5, 5.41) is 14.3. The van der Waals surface area contributed by atoms with Crippen molar-refractivity contribution in [3.8, 4) is 0 Å². The zero-order valence-electron chi connectivity index (χ0n) is 12.8. The summed E-state index contributed by atoms with van der Waals surface area (Å²) in [6, 6.07) is 1.18. The summed E-state index contributed by atoms with van der Waals surface area (Å²) in [5.41, 5.74) is -0.397. The molecular weight excluding hydrogens is 236 g/mol.